The number of anilines is 1. The molecule has 1 aromatic carbocycles. The number of hydrogen-bond acceptors (Lipinski definition) is 3. The molecular formula is C13H23N3. The molecule has 3 nitrogen and oxygen atoms in total. The fraction of sp³-hybridized carbons (Fsp3) is 0.538. The fourth-order valence-corrected chi connectivity index (χ4v) is 1.44. The van der Waals surface area contributed by atoms with E-state index in [1.165, 1.54) is 5.56 Å². The first-order valence-electron chi connectivity index (χ1n) is 5.78. The summed E-state index contributed by atoms with van der Waals surface area (Å²) in [6.45, 7) is 9.26. The Labute approximate surface area is 98.4 Å². The molecule has 0 aliphatic heterocycles. The normalized spacial score (nSPS) is 11.7. The highest BCUT2D eigenvalue weighted by molar-refractivity contribution is 5.46. The largest absolute Gasteiger partial charge is 0.398 e. The zero-order valence-corrected chi connectivity index (χ0v) is 10.5. The molecule has 0 fully saturated rings. The van der Waals surface area contributed by atoms with Crippen molar-refractivity contribution >= 4 is 5.69 Å². The molecule has 0 spiro atoms. The molecule has 4 N–H and O–H groups in total. The van der Waals surface area contributed by atoms with Crippen molar-refractivity contribution in [1.29, 1.82) is 0 Å². The fourth-order valence-electron chi connectivity index (χ4n) is 1.44. The van der Waals surface area contributed by atoms with Crippen molar-refractivity contribution in [3.63, 3.8) is 0 Å². The third-order valence-electron chi connectivity index (χ3n) is 2.33. The summed E-state index contributed by atoms with van der Waals surface area (Å²) in [5.41, 5.74) is 8.06. The number of benzene rings is 1. The number of nitrogen functional groups attached to an aromatic ring is 1. The van der Waals surface area contributed by atoms with Gasteiger partial charge in [0.2, 0.25) is 0 Å². The van der Waals surface area contributed by atoms with E-state index in [4.69, 9.17) is 5.73 Å². The molecule has 0 bridgehead atoms. The van der Waals surface area contributed by atoms with Gasteiger partial charge in [0.05, 0.1) is 0 Å². The average Bonchev–Trinajstić information content (AvgIpc) is 2.18. The first kappa shape index (κ1) is 13.0. The second-order valence-electron chi connectivity index (χ2n) is 5.05. The number of para-hydroxylation sites is 1. The van der Waals surface area contributed by atoms with Gasteiger partial charge in [-0.2, -0.15) is 0 Å². The van der Waals surface area contributed by atoms with E-state index in [9.17, 15) is 0 Å². The Morgan fingerprint density at radius 2 is 1.81 bits per heavy atom. The first-order chi connectivity index (χ1) is 7.49. The minimum Gasteiger partial charge on any atom is -0.398 e. The van der Waals surface area contributed by atoms with Crippen LogP contribution in [-0.2, 0) is 6.54 Å². The lowest BCUT2D eigenvalue weighted by Gasteiger charge is -2.20. The maximum absolute atomic E-state index is 5.85. The maximum Gasteiger partial charge on any atom is 0.0359 e. The van der Waals surface area contributed by atoms with Crippen LogP contribution in [0.3, 0.4) is 0 Å². The van der Waals surface area contributed by atoms with Crippen molar-refractivity contribution in [2.24, 2.45) is 0 Å². The number of hydrogen-bond donors (Lipinski definition) is 3. The van der Waals surface area contributed by atoms with Crippen molar-refractivity contribution in [2.45, 2.75) is 32.9 Å². The van der Waals surface area contributed by atoms with Gasteiger partial charge in [-0.1, -0.05) is 18.2 Å². The summed E-state index contributed by atoms with van der Waals surface area (Å²) in [4.78, 5) is 0. The predicted octanol–water partition coefficient (Wildman–Crippen LogP) is 1.75. The number of nitrogens with one attached hydrogen (secondary N) is 2. The van der Waals surface area contributed by atoms with Crippen LogP contribution in [-0.4, -0.2) is 18.6 Å². The zero-order valence-electron chi connectivity index (χ0n) is 10.5. The van der Waals surface area contributed by atoms with Crippen molar-refractivity contribution in [3.05, 3.63) is 29.8 Å². The molecule has 0 aliphatic carbocycles. The minimum atomic E-state index is 0.188. The molecule has 0 heterocycles. The van der Waals surface area contributed by atoms with E-state index in [-0.39, 0.29) is 5.54 Å². The van der Waals surface area contributed by atoms with Crippen molar-refractivity contribution in [2.75, 3.05) is 18.8 Å². The lowest BCUT2D eigenvalue weighted by Crippen LogP contribution is -2.40. The van der Waals surface area contributed by atoms with E-state index in [1.807, 2.05) is 18.2 Å². The molecule has 90 valence electrons. The second-order valence-corrected chi connectivity index (χ2v) is 5.05. The van der Waals surface area contributed by atoms with Crippen LogP contribution in [0.4, 0.5) is 5.69 Å². The number of nitrogens with two attached hydrogens (primary N) is 1. The highest BCUT2D eigenvalue weighted by Crippen LogP contribution is 2.09. The average molecular weight is 221 g/mol. The Bertz CT molecular complexity index is 315. The van der Waals surface area contributed by atoms with Gasteiger partial charge in [0.1, 0.15) is 0 Å². The first-order valence-corrected chi connectivity index (χ1v) is 5.78. The Morgan fingerprint density at radius 3 is 2.44 bits per heavy atom. The molecule has 0 atom stereocenters. The predicted molar refractivity (Wildman–Crippen MR) is 70.3 cm³/mol. The van der Waals surface area contributed by atoms with Crippen LogP contribution in [0.2, 0.25) is 0 Å². The van der Waals surface area contributed by atoms with Gasteiger partial charge in [-0.05, 0) is 32.4 Å². The highest BCUT2D eigenvalue weighted by atomic mass is 15.0. The van der Waals surface area contributed by atoms with E-state index in [0.29, 0.717) is 0 Å². The summed E-state index contributed by atoms with van der Waals surface area (Å²) in [5, 5.41) is 6.80. The third-order valence-corrected chi connectivity index (χ3v) is 2.33. The van der Waals surface area contributed by atoms with Gasteiger partial charge in [-0.3, -0.25) is 0 Å². The summed E-state index contributed by atoms with van der Waals surface area (Å²) in [7, 11) is 0. The van der Waals surface area contributed by atoms with Gasteiger partial charge in [-0.25, -0.2) is 0 Å². The van der Waals surface area contributed by atoms with Crippen LogP contribution < -0.4 is 16.4 Å². The summed E-state index contributed by atoms with van der Waals surface area (Å²) in [5.74, 6) is 0. The molecule has 3 heteroatoms. The van der Waals surface area contributed by atoms with Gasteiger partial charge in [0.15, 0.2) is 0 Å². The van der Waals surface area contributed by atoms with Crippen LogP contribution in [0, 0.1) is 0 Å². The second kappa shape index (κ2) is 5.87. The lowest BCUT2D eigenvalue weighted by molar-refractivity contribution is 0.421. The van der Waals surface area contributed by atoms with Gasteiger partial charge in [0.25, 0.3) is 0 Å². The van der Waals surface area contributed by atoms with Crippen LogP contribution in [0.5, 0.6) is 0 Å². The Morgan fingerprint density at radius 1 is 1.12 bits per heavy atom. The van der Waals surface area contributed by atoms with Crippen molar-refractivity contribution in [3.8, 4) is 0 Å². The summed E-state index contributed by atoms with van der Waals surface area (Å²) >= 11 is 0. The molecule has 0 aliphatic rings. The monoisotopic (exact) mass is 221 g/mol. The molecule has 1 aromatic rings. The molecular weight excluding hydrogens is 198 g/mol. The molecule has 0 radical (unpaired) electrons. The van der Waals surface area contributed by atoms with Crippen LogP contribution in [0.15, 0.2) is 24.3 Å². The molecule has 0 amide bonds. The third kappa shape index (κ3) is 5.14. The summed E-state index contributed by atoms with van der Waals surface area (Å²) < 4.78 is 0. The van der Waals surface area contributed by atoms with Crippen molar-refractivity contribution < 1.29 is 0 Å². The summed E-state index contributed by atoms with van der Waals surface area (Å²) in [6.07, 6.45) is 0. The van der Waals surface area contributed by atoms with Crippen LogP contribution in [0.25, 0.3) is 0 Å². The quantitative estimate of drug-likeness (QED) is 0.524. The minimum absolute atomic E-state index is 0.188. The van der Waals surface area contributed by atoms with Crippen LogP contribution in [0.1, 0.15) is 26.3 Å². The number of rotatable bonds is 5. The van der Waals surface area contributed by atoms with Gasteiger partial charge in [0, 0.05) is 30.9 Å². The molecule has 0 saturated heterocycles. The van der Waals surface area contributed by atoms with Crippen LogP contribution >= 0.6 is 0 Å². The molecule has 0 unspecified atom stereocenters. The molecule has 0 saturated carbocycles. The highest BCUT2D eigenvalue weighted by Gasteiger charge is 2.06. The molecule has 0 aromatic heterocycles. The van der Waals surface area contributed by atoms with E-state index < -0.39 is 0 Å². The van der Waals surface area contributed by atoms with Gasteiger partial charge in [-0.15, -0.1) is 0 Å². The van der Waals surface area contributed by atoms with E-state index in [0.717, 1.165) is 25.3 Å². The van der Waals surface area contributed by atoms with E-state index >= 15 is 0 Å². The SMILES string of the molecule is CC(C)(C)NCCNCc1ccccc1N. The Balaban J connectivity index is 2.19. The molecule has 1 rings (SSSR count). The van der Waals surface area contributed by atoms with E-state index in [2.05, 4.69) is 37.5 Å². The molecule has 16 heavy (non-hydrogen) atoms. The lowest BCUT2D eigenvalue weighted by atomic mass is 10.1. The van der Waals surface area contributed by atoms with E-state index in [1.54, 1.807) is 0 Å². The summed E-state index contributed by atoms with van der Waals surface area (Å²) in [6, 6.07) is 7.96. The van der Waals surface area contributed by atoms with Crippen molar-refractivity contribution in [1.82, 2.24) is 10.6 Å². The smallest absolute Gasteiger partial charge is 0.0359 e. The maximum atomic E-state index is 5.85. The van der Waals surface area contributed by atoms with Gasteiger partial charge < -0.3 is 16.4 Å². The Kier molecular flexibility index (Phi) is 4.77. The standard InChI is InChI=1S/C13H23N3/c1-13(2,3)16-9-8-15-10-11-6-4-5-7-12(11)14/h4-7,15-16H,8-10,14H2,1-3H3. The zero-order chi connectivity index (χ0) is 12.0. The topological polar surface area (TPSA) is 50.1 Å². The van der Waals surface area contributed by atoms with Gasteiger partial charge >= 0.3 is 0 Å². The Hall–Kier alpha value is -1.06.